The molecule has 0 bridgehead atoms. The van der Waals surface area contributed by atoms with Gasteiger partial charge in [-0.25, -0.2) is 4.39 Å². The number of anilines is 1. The number of piperazine rings is 1. The summed E-state index contributed by atoms with van der Waals surface area (Å²) >= 11 is 0. The number of carbonyl (C=O) groups is 1. The van der Waals surface area contributed by atoms with Crippen molar-refractivity contribution in [3.8, 4) is 5.75 Å². The molecule has 3 aromatic rings. The predicted octanol–water partition coefficient (Wildman–Crippen LogP) is 3.52. The first-order valence-corrected chi connectivity index (χ1v) is 10.7. The topological polar surface area (TPSA) is 57.7 Å². The van der Waals surface area contributed by atoms with Gasteiger partial charge in [-0.2, -0.15) is 0 Å². The minimum absolute atomic E-state index is 0.0151. The Balaban J connectivity index is 1.42. The number of rotatable bonds is 7. The van der Waals surface area contributed by atoms with Crippen molar-refractivity contribution < 1.29 is 13.9 Å². The van der Waals surface area contributed by atoms with Crippen molar-refractivity contribution in [2.75, 3.05) is 44.7 Å². The highest BCUT2D eigenvalue weighted by Crippen LogP contribution is 2.24. The summed E-state index contributed by atoms with van der Waals surface area (Å²) in [5, 5.41) is 3.08. The summed E-state index contributed by atoms with van der Waals surface area (Å²) in [6, 6.07) is 17.7. The van der Waals surface area contributed by atoms with Crippen molar-refractivity contribution in [1.82, 2.24) is 15.2 Å². The fourth-order valence-corrected chi connectivity index (χ4v) is 4.01. The minimum atomic E-state index is -0.225. The van der Waals surface area contributed by atoms with Gasteiger partial charge < -0.3 is 15.0 Å². The van der Waals surface area contributed by atoms with Crippen LogP contribution in [0, 0.1) is 5.82 Å². The number of methoxy groups -OCH3 is 1. The molecule has 0 spiro atoms. The van der Waals surface area contributed by atoms with E-state index in [9.17, 15) is 9.18 Å². The summed E-state index contributed by atoms with van der Waals surface area (Å²) in [4.78, 5) is 21.6. The third-order valence-electron chi connectivity index (χ3n) is 5.82. The molecule has 0 radical (unpaired) electrons. The average Bonchev–Trinajstić information content (AvgIpc) is 2.86. The molecule has 1 aromatic heterocycles. The maximum Gasteiger partial charge on any atom is 0.251 e. The standard InChI is InChI=1S/C25H27FN4O2/c1-32-23-10-4-19(5-11-23)25(31)28-18-24(20-3-2-12-27-17-20)30-15-13-29(14-16-30)22-8-6-21(26)7-9-22/h2-12,17,24H,13-16,18H2,1H3,(H,28,31)/t24-/m1/s1. The zero-order chi connectivity index (χ0) is 22.3. The molecule has 166 valence electrons. The third kappa shape index (κ3) is 5.23. The van der Waals surface area contributed by atoms with Gasteiger partial charge >= 0.3 is 0 Å². The zero-order valence-corrected chi connectivity index (χ0v) is 18.1. The van der Waals surface area contributed by atoms with Crippen molar-refractivity contribution in [3.05, 3.63) is 90.0 Å². The molecular weight excluding hydrogens is 407 g/mol. The molecule has 4 rings (SSSR count). The van der Waals surface area contributed by atoms with E-state index in [2.05, 4.69) is 20.1 Å². The van der Waals surface area contributed by atoms with Crippen LogP contribution in [-0.2, 0) is 0 Å². The highest BCUT2D eigenvalue weighted by atomic mass is 19.1. The fraction of sp³-hybridized carbons (Fsp3) is 0.280. The van der Waals surface area contributed by atoms with E-state index in [0.717, 1.165) is 37.4 Å². The number of carbonyl (C=O) groups excluding carboxylic acids is 1. The third-order valence-corrected chi connectivity index (χ3v) is 5.82. The lowest BCUT2D eigenvalue weighted by atomic mass is 10.1. The molecule has 0 unspecified atom stereocenters. The lowest BCUT2D eigenvalue weighted by Gasteiger charge is -2.40. The van der Waals surface area contributed by atoms with E-state index < -0.39 is 0 Å². The first-order valence-electron chi connectivity index (χ1n) is 10.7. The smallest absolute Gasteiger partial charge is 0.251 e. The van der Waals surface area contributed by atoms with Gasteiger partial charge in [-0.05, 0) is 60.2 Å². The molecular formula is C25H27FN4O2. The van der Waals surface area contributed by atoms with Crippen molar-refractivity contribution in [1.29, 1.82) is 0 Å². The van der Waals surface area contributed by atoms with Gasteiger partial charge in [-0.3, -0.25) is 14.7 Å². The predicted molar refractivity (Wildman–Crippen MR) is 122 cm³/mol. The largest absolute Gasteiger partial charge is 0.497 e. The number of hydrogen-bond donors (Lipinski definition) is 1. The number of halogens is 1. The van der Waals surface area contributed by atoms with Crippen LogP contribution >= 0.6 is 0 Å². The van der Waals surface area contributed by atoms with Crippen LogP contribution in [-0.4, -0.2) is 55.6 Å². The number of pyridine rings is 1. The van der Waals surface area contributed by atoms with Gasteiger partial charge in [-0.1, -0.05) is 6.07 Å². The number of hydrogen-bond acceptors (Lipinski definition) is 5. The SMILES string of the molecule is COc1ccc(C(=O)NC[C@H](c2cccnc2)N2CCN(c3ccc(F)cc3)CC2)cc1. The van der Waals surface area contributed by atoms with E-state index in [4.69, 9.17) is 4.74 Å². The van der Waals surface area contributed by atoms with Gasteiger partial charge in [0.1, 0.15) is 11.6 Å². The molecule has 32 heavy (non-hydrogen) atoms. The van der Waals surface area contributed by atoms with Crippen LogP contribution in [0.25, 0.3) is 0 Å². The Bertz CT molecular complexity index is 1000. The summed E-state index contributed by atoms with van der Waals surface area (Å²) < 4.78 is 18.4. The summed E-state index contributed by atoms with van der Waals surface area (Å²) in [6.45, 7) is 3.79. The van der Waals surface area contributed by atoms with E-state index in [0.29, 0.717) is 17.9 Å². The van der Waals surface area contributed by atoms with Crippen LogP contribution in [0.1, 0.15) is 22.0 Å². The van der Waals surface area contributed by atoms with Crippen LogP contribution in [0.5, 0.6) is 5.75 Å². The number of nitrogens with one attached hydrogen (secondary N) is 1. The average molecular weight is 435 g/mol. The van der Waals surface area contributed by atoms with Gasteiger partial charge in [-0.15, -0.1) is 0 Å². The highest BCUT2D eigenvalue weighted by molar-refractivity contribution is 5.94. The van der Waals surface area contributed by atoms with Crippen LogP contribution in [0.4, 0.5) is 10.1 Å². The van der Waals surface area contributed by atoms with Crippen molar-refractivity contribution in [2.24, 2.45) is 0 Å². The monoisotopic (exact) mass is 434 g/mol. The number of benzene rings is 2. The molecule has 2 heterocycles. The van der Waals surface area contributed by atoms with Gasteiger partial charge in [0.25, 0.3) is 5.91 Å². The molecule has 1 aliphatic rings. The number of aromatic nitrogens is 1. The summed E-state index contributed by atoms with van der Waals surface area (Å²) in [5.41, 5.74) is 2.69. The van der Waals surface area contributed by atoms with Crippen molar-refractivity contribution in [2.45, 2.75) is 6.04 Å². The Hall–Kier alpha value is -3.45. The highest BCUT2D eigenvalue weighted by Gasteiger charge is 2.26. The maximum absolute atomic E-state index is 13.2. The van der Waals surface area contributed by atoms with Gasteiger partial charge in [0.2, 0.25) is 0 Å². The zero-order valence-electron chi connectivity index (χ0n) is 18.1. The summed E-state index contributed by atoms with van der Waals surface area (Å²) in [7, 11) is 1.60. The van der Waals surface area contributed by atoms with E-state index in [1.165, 1.54) is 12.1 Å². The van der Waals surface area contributed by atoms with E-state index in [-0.39, 0.29) is 17.8 Å². The normalized spacial score (nSPS) is 15.2. The number of nitrogens with zero attached hydrogens (tertiary/aromatic N) is 3. The Morgan fingerprint density at radius 3 is 2.41 bits per heavy atom. The van der Waals surface area contributed by atoms with Crippen LogP contribution < -0.4 is 15.0 Å². The second kappa shape index (κ2) is 10.2. The molecule has 1 N–H and O–H groups in total. The lowest BCUT2D eigenvalue weighted by molar-refractivity contribution is 0.0930. The molecule has 0 aliphatic carbocycles. The Morgan fingerprint density at radius 1 is 1.06 bits per heavy atom. The van der Waals surface area contributed by atoms with E-state index in [1.807, 2.05) is 30.5 Å². The van der Waals surface area contributed by atoms with Gasteiger partial charge in [0.05, 0.1) is 13.2 Å². The molecule has 1 aliphatic heterocycles. The molecule has 1 amide bonds. The lowest BCUT2D eigenvalue weighted by Crippen LogP contribution is -2.50. The van der Waals surface area contributed by atoms with Gasteiger partial charge in [0, 0.05) is 56.4 Å². The van der Waals surface area contributed by atoms with Crippen LogP contribution in [0.15, 0.2) is 73.1 Å². The minimum Gasteiger partial charge on any atom is -0.497 e. The summed E-state index contributed by atoms with van der Waals surface area (Å²) in [5.74, 6) is 0.372. The molecule has 7 heteroatoms. The first-order chi connectivity index (χ1) is 15.6. The maximum atomic E-state index is 13.2. The Morgan fingerprint density at radius 2 is 1.78 bits per heavy atom. The van der Waals surface area contributed by atoms with Gasteiger partial charge in [0.15, 0.2) is 0 Å². The summed E-state index contributed by atoms with van der Waals surface area (Å²) in [6.07, 6.45) is 3.61. The van der Waals surface area contributed by atoms with Crippen molar-refractivity contribution >= 4 is 11.6 Å². The Kier molecular flexibility index (Phi) is 6.97. The second-order valence-corrected chi connectivity index (χ2v) is 7.74. The number of ether oxygens (including phenoxy) is 1. The fourth-order valence-electron chi connectivity index (χ4n) is 4.01. The van der Waals surface area contributed by atoms with Crippen LogP contribution in [0.3, 0.4) is 0 Å². The molecule has 1 atom stereocenters. The Labute approximate surface area is 187 Å². The number of amides is 1. The van der Waals surface area contributed by atoms with Crippen LogP contribution in [0.2, 0.25) is 0 Å². The molecule has 0 saturated carbocycles. The van der Waals surface area contributed by atoms with Crippen molar-refractivity contribution in [3.63, 3.8) is 0 Å². The quantitative estimate of drug-likeness (QED) is 0.617. The molecule has 1 fully saturated rings. The van der Waals surface area contributed by atoms with E-state index in [1.54, 1.807) is 37.6 Å². The first kappa shape index (κ1) is 21.8. The second-order valence-electron chi connectivity index (χ2n) is 7.74. The molecule has 2 aromatic carbocycles. The van der Waals surface area contributed by atoms with E-state index >= 15 is 0 Å². The molecule has 1 saturated heterocycles. The molecule has 6 nitrogen and oxygen atoms in total.